The van der Waals surface area contributed by atoms with Crippen LogP contribution in [0, 0.1) is 0 Å². The van der Waals surface area contributed by atoms with Crippen molar-refractivity contribution in [3.05, 3.63) is 0 Å². The first kappa shape index (κ1) is 32.3. The van der Waals surface area contributed by atoms with Gasteiger partial charge in [0, 0.05) is 19.1 Å². The van der Waals surface area contributed by atoms with Crippen molar-refractivity contribution in [2.75, 3.05) is 33.4 Å². The molecule has 5 N–H and O–H groups in total. The normalized spacial score (nSPS) is 14.2. The fourth-order valence-corrected chi connectivity index (χ4v) is 4.21. The van der Waals surface area contributed by atoms with Gasteiger partial charge in [0.25, 0.3) is 0 Å². The van der Waals surface area contributed by atoms with Crippen molar-refractivity contribution in [2.24, 2.45) is 0 Å². The second-order valence-corrected chi connectivity index (χ2v) is 9.54. The van der Waals surface area contributed by atoms with Crippen LogP contribution in [0.3, 0.4) is 0 Å². The Morgan fingerprint density at radius 1 is 0.784 bits per heavy atom. The van der Waals surface area contributed by atoms with Gasteiger partial charge in [-0.15, -0.1) is 0 Å². The summed E-state index contributed by atoms with van der Waals surface area (Å²) in [6.45, 7) is 3.42. The number of alkyl carbamates (subject to hydrolysis) is 1. The molecule has 1 saturated carbocycles. The van der Waals surface area contributed by atoms with Crippen molar-refractivity contribution in [3.8, 4) is 0 Å². The van der Waals surface area contributed by atoms with Crippen LogP contribution in [0.15, 0.2) is 0 Å². The average molecular weight is 528 g/mol. The standard InChI is InChI=1S/C26H49N5O6/c1-3-4-5-6-7-12-17-27-25(34)31-22(23(32)36-2)16-11-13-18-29-26(35)37-20-19-28-24(33)30-21-14-9-8-10-15-21/h21-22H,3-20H2,1-2H3,(H,29,35)(H2,27,31,34)(H2,28,30,33). The van der Waals surface area contributed by atoms with Crippen molar-refractivity contribution in [3.63, 3.8) is 0 Å². The molecular formula is C26H49N5O6. The maximum Gasteiger partial charge on any atom is 0.407 e. The Kier molecular flexibility index (Phi) is 18.7. The van der Waals surface area contributed by atoms with E-state index in [1.54, 1.807) is 0 Å². The fraction of sp³-hybridized carbons (Fsp3) is 0.846. The van der Waals surface area contributed by atoms with E-state index in [0.29, 0.717) is 32.4 Å². The third kappa shape index (κ3) is 17.4. The highest BCUT2D eigenvalue weighted by Gasteiger charge is 2.21. The second-order valence-electron chi connectivity index (χ2n) is 9.54. The van der Waals surface area contributed by atoms with Gasteiger partial charge in [-0.2, -0.15) is 0 Å². The van der Waals surface area contributed by atoms with E-state index < -0.39 is 18.1 Å². The molecule has 0 radical (unpaired) electrons. The van der Waals surface area contributed by atoms with Crippen molar-refractivity contribution in [1.82, 2.24) is 26.6 Å². The molecule has 1 aliphatic carbocycles. The SMILES string of the molecule is CCCCCCCCNC(=O)NC(CCCCNC(=O)OCCNC(=O)NC1CCCCC1)C(=O)OC. The van der Waals surface area contributed by atoms with Gasteiger partial charge in [0.2, 0.25) is 0 Å². The molecule has 5 amide bonds. The molecule has 11 nitrogen and oxygen atoms in total. The number of carbonyl (C=O) groups excluding carboxylic acids is 4. The first-order chi connectivity index (χ1) is 18.0. The highest BCUT2D eigenvalue weighted by molar-refractivity contribution is 5.83. The molecule has 0 spiro atoms. The summed E-state index contributed by atoms with van der Waals surface area (Å²) in [7, 11) is 1.29. The minimum Gasteiger partial charge on any atom is -0.467 e. The number of unbranched alkanes of at least 4 members (excludes halogenated alkanes) is 6. The zero-order valence-corrected chi connectivity index (χ0v) is 22.8. The molecule has 1 atom stereocenters. The molecule has 1 unspecified atom stereocenters. The summed E-state index contributed by atoms with van der Waals surface area (Å²) in [4.78, 5) is 47.8. The molecule has 0 heterocycles. The molecule has 11 heteroatoms. The number of nitrogens with one attached hydrogen (secondary N) is 5. The van der Waals surface area contributed by atoms with Gasteiger partial charge in [0.15, 0.2) is 0 Å². The lowest BCUT2D eigenvalue weighted by Crippen LogP contribution is -2.46. The van der Waals surface area contributed by atoms with Crippen LogP contribution in [0.25, 0.3) is 0 Å². The molecule has 0 aromatic heterocycles. The Hall–Kier alpha value is -2.72. The Balaban J connectivity index is 2.08. The molecule has 1 fully saturated rings. The number of amides is 5. The number of urea groups is 2. The Labute approximate surface area is 221 Å². The molecule has 0 aromatic carbocycles. The lowest BCUT2D eigenvalue weighted by molar-refractivity contribution is -0.143. The average Bonchev–Trinajstić information content (AvgIpc) is 2.89. The van der Waals surface area contributed by atoms with Gasteiger partial charge < -0.3 is 36.1 Å². The van der Waals surface area contributed by atoms with Gasteiger partial charge in [-0.3, -0.25) is 0 Å². The zero-order valence-electron chi connectivity index (χ0n) is 22.8. The number of hydrogen-bond donors (Lipinski definition) is 5. The van der Waals surface area contributed by atoms with Gasteiger partial charge >= 0.3 is 24.1 Å². The molecule has 1 rings (SSSR count). The third-order valence-electron chi connectivity index (χ3n) is 6.36. The van der Waals surface area contributed by atoms with Crippen LogP contribution in [0.1, 0.15) is 96.8 Å². The predicted octanol–water partition coefficient (Wildman–Crippen LogP) is 3.72. The summed E-state index contributed by atoms with van der Waals surface area (Å²) in [5, 5.41) is 13.7. The second kappa shape index (κ2) is 21.4. The van der Waals surface area contributed by atoms with Gasteiger partial charge in [-0.05, 0) is 38.5 Å². The summed E-state index contributed by atoms with van der Waals surface area (Å²) in [5.74, 6) is -0.498. The zero-order chi connectivity index (χ0) is 27.1. The van der Waals surface area contributed by atoms with E-state index in [1.165, 1.54) is 32.8 Å². The topological polar surface area (TPSA) is 147 Å². The summed E-state index contributed by atoms with van der Waals surface area (Å²) in [5.41, 5.74) is 0. The molecule has 1 aliphatic rings. The first-order valence-electron chi connectivity index (χ1n) is 14.0. The van der Waals surface area contributed by atoms with Gasteiger partial charge in [-0.25, -0.2) is 19.2 Å². The summed E-state index contributed by atoms with van der Waals surface area (Å²) in [6, 6.07) is -1.13. The van der Waals surface area contributed by atoms with Crippen molar-refractivity contribution in [1.29, 1.82) is 0 Å². The first-order valence-corrected chi connectivity index (χ1v) is 14.0. The van der Waals surface area contributed by atoms with Crippen LogP contribution in [0.5, 0.6) is 0 Å². The van der Waals surface area contributed by atoms with E-state index in [4.69, 9.17) is 9.47 Å². The van der Waals surface area contributed by atoms with Crippen molar-refractivity contribution in [2.45, 2.75) is 109 Å². The molecular weight excluding hydrogens is 478 g/mol. The largest absolute Gasteiger partial charge is 0.467 e. The highest BCUT2D eigenvalue weighted by Crippen LogP contribution is 2.17. The van der Waals surface area contributed by atoms with Crippen LogP contribution in [-0.2, 0) is 14.3 Å². The molecule has 0 aliphatic heterocycles. The van der Waals surface area contributed by atoms with Gasteiger partial charge in [0.1, 0.15) is 12.6 Å². The van der Waals surface area contributed by atoms with E-state index in [0.717, 1.165) is 44.9 Å². The maximum absolute atomic E-state index is 12.1. The van der Waals surface area contributed by atoms with Gasteiger partial charge in [-0.1, -0.05) is 58.3 Å². The number of esters is 1. The maximum atomic E-state index is 12.1. The van der Waals surface area contributed by atoms with E-state index in [1.807, 2.05) is 0 Å². The molecule has 214 valence electrons. The van der Waals surface area contributed by atoms with Crippen molar-refractivity contribution < 1.29 is 28.7 Å². The Morgan fingerprint density at radius 3 is 2.16 bits per heavy atom. The van der Waals surface area contributed by atoms with E-state index >= 15 is 0 Å². The quantitative estimate of drug-likeness (QED) is 0.136. The minimum atomic E-state index is -0.743. The Morgan fingerprint density at radius 2 is 1.43 bits per heavy atom. The van der Waals surface area contributed by atoms with Crippen LogP contribution < -0.4 is 26.6 Å². The smallest absolute Gasteiger partial charge is 0.407 e. The number of carbonyl (C=O) groups is 4. The lowest BCUT2D eigenvalue weighted by atomic mass is 9.96. The number of methoxy groups -OCH3 is 1. The summed E-state index contributed by atoms with van der Waals surface area (Å²) in [6.07, 6.45) is 13.4. The lowest BCUT2D eigenvalue weighted by Gasteiger charge is -2.22. The molecule has 0 bridgehead atoms. The van der Waals surface area contributed by atoms with Crippen molar-refractivity contribution >= 4 is 24.1 Å². The third-order valence-corrected chi connectivity index (χ3v) is 6.36. The van der Waals surface area contributed by atoms with Crippen LogP contribution in [0.2, 0.25) is 0 Å². The number of ether oxygens (including phenoxy) is 2. The molecule has 37 heavy (non-hydrogen) atoms. The highest BCUT2D eigenvalue weighted by atomic mass is 16.5. The van der Waals surface area contributed by atoms with E-state index in [2.05, 4.69) is 33.5 Å². The molecule has 0 saturated heterocycles. The fourth-order valence-electron chi connectivity index (χ4n) is 4.21. The van der Waals surface area contributed by atoms with E-state index in [9.17, 15) is 19.2 Å². The van der Waals surface area contributed by atoms with Gasteiger partial charge in [0.05, 0.1) is 13.7 Å². The van der Waals surface area contributed by atoms with E-state index in [-0.39, 0.29) is 31.3 Å². The Bertz CT molecular complexity index is 657. The summed E-state index contributed by atoms with van der Waals surface area (Å²) < 4.78 is 9.86. The molecule has 0 aromatic rings. The summed E-state index contributed by atoms with van der Waals surface area (Å²) >= 11 is 0. The number of hydrogen-bond acceptors (Lipinski definition) is 6. The van der Waals surface area contributed by atoms with Crippen LogP contribution >= 0.6 is 0 Å². The van der Waals surface area contributed by atoms with Crippen LogP contribution in [0.4, 0.5) is 14.4 Å². The van der Waals surface area contributed by atoms with Crippen LogP contribution in [-0.4, -0.2) is 69.6 Å². The predicted molar refractivity (Wildman–Crippen MR) is 142 cm³/mol. The monoisotopic (exact) mass is 527 g/mol. The minimum absolute atomic E-state index is 0.0755. The number of rotatable bonds is 18.